The van der Waals surface area contributed by atoms with Gasteiger partial charge >= 0.3 is 0 Å². The molecule has 7 nitrogen and oxygen atoms in total. The van der Waals surface area contributed by atoms with E-state index in [1.54, 1.807) is 24.2 Å². The predicted molar refractivity (Wildman–Crippen MR) is 92.4 cm³/mol. The highest BCUT2D eigenvalue weighted by molar-refractivity contribution is 7.99. The van der Waals surface area contributed by atoms with Gasteiger partial charge in [-0.25, -0.2) is 0 Å². The van der Waals surface area contributed by atoms with E-state index in [2.05, 4.69) is 25.3 Å². The van der Waals surface area contributed by atoms with Gasteiger partial charge in [0, 0.05) is 30.3 Å². The van der Waals surface area contributed by atoms with Crippen LogP contribution < -0.4 is 5.32 Å². The first-order valence-corrected chi connectivity index (χ1v) is 9.26. The molecule has 0 spiro atoms. The number of pyridine rings is 1. The number of hydrogen-bond acceptors (Lipinski definition) is 7. The Morgan fingerprint density at radius 1 is 1.38 bits per heavy atom. The molecule has 3 rings (SSSR count). The lowest BCUT2D eigenvalue weighted by Gasteiger charge is -2.13. The fourth-order valence-electron chi connectivity index (χ4n) is 2.53. The molecular weight excluding hydrogens is 326 g/mol. The number of nitrogens with zero attached hydrogens (tertiary/aromatic N) is 4. The van der Waals surface area contributed by atoms with E-state index in [4.69, 9.17) is 4.52 Å². The highest BCUT2D eigenvalue weighted by atomic mass is 32.2. The third-order valence-corrected chi connectivity index (χ3v) is 4.75. The van der Waals surface area contributed by atoms with E-state index in [1.807, 2.05) is 12.1 Å². The molecule has 24 heavy (non-hydrogen) atoms. The summed E-state index contributed by atoms with van der Waals surface area (Å²) in [4.78, 5) is 22.6. The van der Waals surface area contributed by atoms with E-state index in [1.165, 1.54) is 25.9 Å². The van der Waals surface area contributed by atoms with Crippen LogP contribution in [0.3, 0.4) is 0 Å². The maximum absolute atomic E-state index is 11.8. The second-order valence-corrected chi connectivity index (χ2v) is 6.74. The number of rotatable bonds is 8. The summed E-state index contributed by atoms with van der Waals surface area (Å²) in [6.07, 6.45) is 5.96. The molecule has 0 atom stereocenters. The van der Waals surface area contributed by atoms with Crippen molar-refractivity contribution in [3.05, 3.63) is 30.4 Å². The lowest BCUT2D eigenvalue weighted by atomic mass is 10.3. The fraction of sp³-hybridized carbons (Fsp3) is 0.500. The fourth-order valence-corrected chi connectivity index (χ4v) is 3.35. The zero-order valence-corrected chi connectivity index (χ0v) is 14.3. The molecule has 8 heteroatoms. The van der Waals surface area contributed by atoms with Crippen LogP contribution in [0.5, 0.6) is 0 Å². The van der Waals surface area contributed by atoms with Gasteiger partial charge in [0.05, 0.1) is 12.3 Å². The monoisotopic (exact) mass is 347 g/mol. The quantitative estimate of drug-likeness (QED) is 0.726. The van der Waals surface area contributed by atoms with Crippen molar-refractivity contribution in [2.75, 3.05) is 31.1 Å². The van der Waals surface area contributed by atoms with Gasteiger partial charge in [-0.2, -0.15) is 16.7 Å². The molecule has 0 aromatic carbocycles. The molecule has 0 aliphatic carbocycles. The van der Waals surface area contributed by atoms with Crippen LogP contribution in [-0.2, 0) is 11.3 Å². The first-order chi connectivity index (χ1) is 11.8. The van der Waals surface area contributed by atoms with Crippen LogP contribution in [0.2, 0.25) is 0 Å². The van der Waals surface area contributed by atoms with Gasteiger partial charge in [0.15, 0.2) is 0 Å². The Morgan fingerprint density at radius 2 is 2.25 bits per heavy atom. The SMILES string of the molecule is O=C(CSCCN1CCCC1)NCc1nc(-c2cccnc2)no1. The number of hydrogen-bond donors (Lipinski definition) is 1. The average Bonchev–Trinajstić information content (AvgIpc) is 3.29. The van der Waals surface area contributed by atoms with Gasteiger partial charge in [-0.1, -0.05) is 5.16 Å². The summed E-state index contributed by atoms with van der Waals surface area (Å²) in [5.74, 6) is 2.30. The smallest absolute Gasteiger partial charge is 0.246 e. The van der Waals surface area contributed by atoms with Gasteiger partial charge < -0.3 is 14.7 Å². The minimum absolute atomic E-state index is 0.0115. The third-order valence-electron chi connectivity index (χ3n) is 3.81. The normalized spacial score (nSPS) is 14.8. The minimum atomic E-state index is -0.0115. The third kappa shape index (κ3) is 5.04. The average molecular weight is 347 g/mol. The number of likely N-dealkylation sites (tertiary alicyclic amines) is 1. The van der Waals surface area contributed by atoms with Gasteiger partial charge in [0.1, 0.15) is 0 Å². The van der Waals surface area contributed by atoms with Crippen molar-refractivity contribution in [1.82, 2.24) is 25.3 Å². The number of aromatic nitrogens is 3. The second-order valence-electron chi connectivity index (χ2n) is 5.63. The molecule has 1 amide bonds. The molecule has 128 valence electrons. The lowest BCUT2D eigenvalue weighted by Crippen LogP contribution is -2.26. The van der Waals surface area contributed by atoms with Gasteiger partial charge in [-0.05, 0) is 38.1 Å². The summed E-state index contributed by atoms with van der Waals surface area (Å²) in [6.45, 7) is 3.71. The minimum Gasteiger partial charge on any atom is -0.346 e. The first-order valence-electron chi connectivity index (χ1n) is 8.11. The zero-order chi connectivity index (χ0) is 16.6. The predicted octanol–water partition coefficient (Wildman–Crippen LogP) is 1.58. The standard InChI is InChI=1S/C16H21N5O2S/c22-14(12-24-9-8-21-6-1-2-7-21)18-11-15-19-16(20-23-15)13-4-3-5-17-10-13/h3-5,10H,1-2,6-9,11-12H2,(H,18,22). The Kier molecular flexibility index (Phi) is 6.20. The lowest BCUT2D eigenvalue weighted by molar-refractivity contribution is -0.118. The summed E-state index contributed by atoms with van der Waals surface area (Å²) >= 11 is 1.66. The number of thioether (sulfide) groups is 1. The largest absolute Gasteiger partial charge is 0.346 e. The van der Waals surface area contributed by atoms with E-state index in [0.29, 0.717) is 17.5 Å². The molecule has 1 fully saturated rings. The van der Waals surface area contributed by atoms with Crippen LogP contribution in [0.15, 0.2) is 29.0 Å². The van der Waals surface area contributed by atoms with Crippen molar-refractivity contribution in [3.63, 3.8) is 0 Å². The Labute approximate surface area is 145 Å². The Hall–Kier alpha value is -1.93. The summed E-state index contributed by atoms with van der Waals surface area (Å²) in [7, 11) is 0. The molecule has 1 saturated heterocycles. The molecule has 0 bridgehead atoms. The molecule has 0 unspecified atom stereocenters. The summed E-state index contributed by atoms with van der Waals surface area (Å²) in [6, 6.07) is 3.67. The molecule has 2 aromatic heterocycles. The van der Waals surface area contributed by atoms with Crippen LogP contribution in [0.4, 0.5) is 0 Å². The molecule has 1 aliphatic rings. The van der Waals surface area contributed by atoms with E-state index in [-0.39, 0.29) is 12.5 Å². The zero-order valence-electron chi connectivity index (χ0n) is 13.5. The molecule has 2 aromatic rings. The van der Waals surface area contributed by atoms with Crippen molar-refractivity contribution in [2.45, 2.75) is 19.4 Å². The van der Waals surface area contributed by atoms with Crippen LogP contribution in [0.1, 0.15) is 18.7 Å². The van der Waals surface area contributed by atoms with Crippen molar-refractivity contribution in [1.29, 1.82) is 0 Å². The Bertz CT molecular complexity index is 643. The van der Waals surface area contributed by atoms with Crippen molar-refractivity contribution < 1.29 is 9.32 Å². The topological polar surface area (TPSA) is 84.2 Å². The van der Waals surface area contributed by atoms with E-state index < -0.39 is 0 Å². The molecule has 0 saturated carbocycles. The maximum atomic E-state index is 11.8. The molecule has 0 radical (unpaired) electrons. The number of nitrogens with one attached hydrogen (secondary N) is 1. The number of carbonyl (C=O) groups excluding carboxylic acids is 1. The van der Waals surface area contributed by atoms with Crippen molar-refractivity contribution in [3.8, 4) is 11.4 Å². The van der Waals surface area contributed by atoms with Gasteiger partial charge in [0.25, 0.3) is 0 Å². The van der Waals surface area contributed by atoms with Crippen LogP contribution in [-0.4, -0.2) is 57.1 Å². The van der Waals surface area contributed by atoms with Crippen molar-refractivity contribution in [2.24, 2.45) is 0 Å². The van der Waals surface area contributed by atoms with E-state index >= 15 is 0 Å². The number of amides is 1. The molecular formula is C16H21N5O2S. The highest BCUT2D eigenvalue weighted by Gasteiger charge is 2.12. The maximum Gasteiger partial charge on any atom is 0.246 e. The second kappa shape index (κ2) is 8.79. The molecule has 3 heterocycles. The number of carbonyl (C=O) groups is 1. The van der Waals surface area contributed by atoms with Gasteiger partial charge in [-0.15, -0.1) is 0 Å². The first kappa shape index (κ1) is 16.9. The van der Waals surface area contributed by atoms with Gasteiger partial charge in [0.2, 0.25) is 17.6 Å². The van der Waals surface area contributed by atoms with Crippen LogP contribution >= 0.6 is 11.8 Å². The van der Waals surface area contributed by atoms with Crippen LogP contribution in [0, 0.1) is 0 Å². The summed E-state index contributed by atoms with van der Waals surface area (Å²) in [5, 5.41) is 6.70. The van der Waals surface area contributed by atoms with Crippen molar-refractivity contribution >= 4 is 17.7 Å². The molecule has 1 aliphatic heterocycles. The van der Waals surface area contributed by atoms with Crippen LogP contribution in [0.25, 0.3) is 11.4 Å². The Morgan fingerprint density at radius 3 is 3.04 bits per heavy atom. The Balaban J connectivity index is 1.35. The highest BCUT2D eigenvalue weighted by Crippen LogP contribution is 2.13. The van der Waals surface area contributed by atoms with Gasteiger partial charge in [-0.3, -0.25) is 9.78 Å². The van der Waals surface area contributed by atoms with E-state index in [0.717, 1.165) is 17.9 Å². The van der Waals surface area contributed by atoms with E-state index in [9.17, 15) is 4.79 Å². The summed E-state index contributed by atoms with van der Waals surface area (Å²) < 4.78 is 5.15. The summed E-state index contributed by atoms with van der Waals surface area (Å²) in [5.41, 5.74) is 0.788. The molecule has 1 N–H and O–H groups in total.